The maximum atomic E-state index is 12.7. The first-order chi connectivity index (χ1) is 16.2. The third-order valence-corrected chi connectivity index (χ3v) is 7.23. The van der Waals surface area contributed by atoms with Crippen LogP contribution in [0.3, 0.4) is 0 Å². The molecule has 0 bridgehead atoms. The van der Waals surface area contributed by atoms with E-state index in [0.717, 1.165) is 27.7 Å². The Morgan fingerprint density at radius 3 is 2.56 bits per heavy atom. The second-order valence-electron chi connectivity index (χ2n) is 7.35. The molecule has 3 rings (SSSR count). The van der Waals surface area contributed by atoms with Gasteiger partial charge in [0.05, 0.1) is 17.9 Å². The van der Waals surface area contributed by atoms with Gasteiger partial charge >= 0.3 is 11.7 Å². The van der Waals surface area contributed by atoms with Gasteiger partial charge in [-0.15, -0.1) is 11.3 Å². The highest BCUT2D eigenvalue weighted by Gasteiger charge is 2.23. The first kappa shape index (κ1) is 25.3. The molecule has 0 atom stereocenters. The lowest BCUT2D eigenvalue weighted by Crippen LogP contribution is -2.37. The van der Waals surface area contributed by atoms with E-state index in [4.69, 9.17) is 4.74 Å². The number of hydrogen-bond donors (Lipinski definition) is 1. The van der Waals surface area contributed by atoms with Crippen molar-refractivity contribution in [3.05, 3.63) is 36.8 Å². The summed E-state index contributed by atoms with van der Waals surface area (Å²) in [7, 11) is 2.95. The number of rotatable bonds is 8. The third-order valence-electron chi connectivity index (χ3n) is 5.06. The van der Waals surface area contributed by atoms with Crippen molar-refractivity contribution < 1.29 is 14.3 Å². The Morgan fingerprint density at radius 2 is 1.94 bits per heavy atom. The van der Waals surface area contributed by atoms with Crippen molar-refractivity contribution in [3.8, 4) is 6.07 Å². The number of amides is 1. The summed E-state index contributed by atoms with van der Waals surface area (Å²) in [4.78, 5) is 54.5. The van der Waals surface area contributed by atoms with Crippen LogP contribution in [-0.4, -0.2) is 42.9 Å². The summed E-state index contributed by atoms with van der Waals surface area (Å²) in [6, 6.07) is 2.02. The highest BCUT2D eigenvalue weighted by atomic mass is 32.2. The molecule has 0 aromatic carbocycles. The minimum Gasteiger partial charge on any atom is -0.462 e. The zero-order valence-electron chi connectivity index (χ0n) is 19.4. The predicted octanol–water partition coefficient (Wildman–Crippen LogP) is 1.99. The van der Waals surface area contributed by atoms with Crippen molar-refractivity contribution in [1.29, 1.82) is 5.26 Å². The zero-order valence-corrected chi connectivity index (χ0v) is 21.1. The molecule has 3 aromatic heterocycles. The van der Waals surface area contributed by atoms with Gasteiger partial charge < -0.3 is 14.6 Å². The van der Waals surface area contributed by atoms with Crippen molar-refractivity contribution in [2.45, 2.75) is 38.9 Å². The van der Waals surface area contributed by atoms with Crippen molar-refractivity contribution in [2.75, 3.05) is 17.7 Å². The number of thiophene rings is 1. The number of ether oxygens (including phenoxy) is 1. The van der Waals surface area contributed by atoms with Crippen LogP contribution in [0.4, 0.5) is 5.00 Å². The summed E-state index contributed by atoms with van der Waals surface area (Å²) in [5, 5.41) is 12.9. The number of thioether (sulfide) groups is 1. The van der Waals surface area contributed by atoms with E-state index in [9.17, 15) is 24.4 Å². The number of aromatic nitrogens is 4. The summed E-state index contributed by atoms with van der Waals surface area (Å²) in [6.07, 6.45) is 0.716. The number of carbonyl (C=O) groups is 2. The van der Waals surface area contributed by atoms with Gasteiger partial charge in [0, 0.05) is 20.6 Å². The fraction of sp³-hybridized carbons (Fsp3) is 0.429. The molecule has 0 aliphatic carbocycles. The molecule has 0 aliphatic heterocycles. The summed E-state index contributed by atoms with van der Waals surface area (Å²) in [5.74, 6) is -1.01. The Labute approximate surface area is 203 Å². The molecule has 0 unspecified atom stereocenters. The van der Waals surface area contributed by atoms with Crippen molar-refractivity contribution in [3.63, 3.8) is 0 Å². The van der Waals surface area contributed by atoms with E-state index < -0.39 is 23.1 Å². The minimum atomic E-state index is -0.545. The quantitative estimate of drug-likeness (QED) is 0.363. The SMILES string of the molecule is CCCn1c(SCC(=O)Nc2sc(C(=O)OCC)c(C)c2C#N)nc2c1c(=O)n(C)c(=O)n2C. The smallest absolute Gasteiger partial charge is 0.348 e. The number of anilines is 1. The number of nitrogens with one attached hydrogen (secondary N) is 1. The second kappa shape index (κ2) is 10.3. The summed E-state index contributed by atoms with van der Waals surface area (Å²) < 4.78 is 9.06. The van der Waals surface area contributed by atoms with Crippen molar-refractivity contribution >= 4 is 51.1 Å². The van der Waals surface area contributed by atoms with Crippen LogP contribution in [0.25, 0.3) is 11.2 Å². The highest BCUT2D eigenvalue weighted by molar-refractivity contribution is 7.99. The number of nitrogens with zero attached hydrogens (tertiary/aromatic N) is 5. The lowest BCUT2D eigenvalue weighted by Gasteiger charge is -2.08. The molecule has 13 heteroatoms. The fourth-order valence-electron chi connectivity index (χ4n) is 3.39. The molecule has 1 amide bonds. The van der Waals surface area contributed by atoms with Gasteiger partial charge in [0.15, 0.2) is 16.3 Å². The normalized spacial score (nSPS) is 10.9. The molecular formula is C21H24N6O5S2. The molecule has 0 saturated carbocycles. The fourth-order valence-corrected chi connectivity index (χ4v) is 5.28. The molecule has 0 radical (unpaired) electrons. The Bertz CT molecular complexity index is 1440. The molecule has 3 aromatic rings. The number of nitriles is 1. The van der Waals surface area contributed by atoms with Crippen LogP contribution in [0.1, 0.15) is 41.1 Å². The first-order valence-electron chi connectivity index (χ1n) is 10.5. The average molecular weight is 505 g/mol. The molecule has 1 N–H and O–H groups in total. The molecular weight excluding hydrogens is 480 g/mol. The van der Waals surface area contributed by atoms with Gasteiger partial charge in [0.2, 0.25) is 5.91 Å². The van der Waals surface area contributed by atoms with E-state index >= 15 is 0 Å². The Kier molecular flexibility index (Phi) is 7.63. The molecule has 0 aliphatic rings. The number of hydrogen-bond acceptors (Lipinski definition) is 9. The zero-order chi connectivity index (χ0) is 25.2. The number of fused-ring (bicyclic) bond motifs is 1. The Balaban J connectivity index is 1.88. The first-order valence-corrected chi connectivity index (χ1v) is 12.3. The third kappa shape index (κ3) is 4.51. The summed E-state index contributed by atoms with van der Waals surface area (Å²) >= 11 is 2.10. The van der Waals surface area contributed by atoms with Gasteiger partial charge in [0.25, 0.3) is 5.56 Å². The van der Waals surface area contributed by atoms with E-state index in [1.165, 1.54) is 18.7 Å². The minimum absolute atomic E-state index is 0.0577. The van der Waals surface area contributed by atoms with E-state index in [0.29, 0.717) is 29.2 Å². The molecule has 0 fully saturated rings. The number of carbonyl (C=O) groups excluding carboxylic acids is 2. The standard InChI is InChI=1S/C21H24N6O5S2/c1-6-8-27-14-16(25(4)21(31)26(5)18(14)29)24-20(27)33-10-13(28)23-17-12(9-22)11(3)15(34-17)19(30)32-7-2/h6-8,10H2,1-5H3,(H,23,28). The number of esters is 1. The van der Waals surface area contributed by atoms with E-state index in [1.807, 2.05) is 13.0 Å². The van der Waals surface area contributed by atoms with Crippen LogP contribution < -0.4 is 16.6 Å². The lowest BCUT2D eigenvalue weighted by atomic mass is 10.2. The van der Waals surface area contributed by atoms with E-state index in [1.54, 1.807) is 18.4 Å². The maximum Gasteiger partial charge on any atom is 0.348 e. The molecule has 3 heterocycles. The van der Waals surface area contributed by atoms with E-state index in [-0.39, 0.29) is 33.4 Å². The Morgan fingerprint density at radius 1 is 1.24 bits per heavy atom. The van der Waals surface area contributed by atoms with E-state index in [2.05, 4.69) is 10.3 Å². The lowest BCUT2D eigenvalue weighted by molar-refractivity contribution is -0.113. The topological polar surface area (TPSA) is 141 Å². The van der Waals surface area contributed by atoms with Gasteiger partial charge in [-0.3, -0.25) is 18.7 Å². The highest BCUT2D eigenvalue weighted by Crippen LogP contribution is 2.33. The predicted molar refractivity (Wildman–Crippen MR) is 130 cm³/mol. The van der Waals surface area contributed by atoms with Crippen LogP contribution in [-0.2, 0) is 30.2 Å². The van der Waals surface area contributed by atoms with Gasteiger partial charge in [-0.1, -0.05) is 18.7 Å². The van der Waals surface area contributed by atoms with Gasteiger partial charge in [0.1, 0.15) is 15.9 Å². The van der Waals surface area contributed by atoms with Crippen LogP contribution in [0.5, 0.6) is 0 Å². The molecule has 180 valence electrons. The monoisotopic (exact) mass is 504 g/mol. The molecule has 0 saturated heterocycles. The summed E-state index contributed by atoms with van der Waals surface area (Å²) in [5.41, 5.74) is 0.286. The molecule has 34 heavy (non-hydrogen) atoms. The summed E-state index contributed by atoms with van der Waals surface area (Å²) in [6.45, 7) is 5.95. The molecule has 0 spiro atoms. The molecule has 11 nitrogen and oxygen atoms in total. The van der Waals surface area contributed by atoms with Gasteiger partial charge in [-0.25, -0.2) is 14.6 Å². The second-order valence-corrected chi connectivity index (χ2v) is 9.32. The Hall–Kier alpha value is -3.37. The van der Waals surface area contributed by atoms with Gasteiger partial charge in [-0.2, -0.15) is 5.26 Å². The maximum absolute atomic E-state index is 12.7. The largest absolute Gasteiger partial charge is 0.462 e. The van der Waals surface area contributed by atoms with Crippen LogP contribution in [0.2, 0.25) is 0 Å². The van der Waals surface area contributed by atoms with Crippen molar-refractivity contribution in [1.82, 2.24) is 18.7 Å². The van der Waals surface area contributed by atoms with Crippen LogP contribution >= 0.6 is 23.1 Å². The van der Waals surface area contributed by atoms with Crippen LogP contribution in [0, 0.1) is 18.3 Å². The van der Waals surface area contributed by atoms with Gasteiger partial charge in [-0.05, 0) is 25.8 Å². The number of aryl methyl sites for hydroxylation is 2. The van der Waals surface area contributed by atoms with Crippen molar-refractivity contribution in [2.24, 2.45) is 14.1 Å². The average Bonchev–Trinajstić information content (AvgIpc) is 3.32. The number of imidazole rings is 1. The van der Waals surface area contributed by atoms with Crippen LogP contribution in [0.15, 0.2) is 14.7 Å².